The summed E-state index contributed by atoms with van der Waals surface area (Å²) in [6.07, 6.45) is 0.710. The largest absolute Gasteiger partial charge is 0.494 e. The standard InChI is InChI=1S/C19H24FN3O2/c1-3-25-16-11-9-15(10-12-16)22-19(24)21-13-6-14-23(2)18-8-5-4-7-17(18)20/h4-5,7-12H,3,6,13-14H2,1-2H3,(H2,21,22,24). The van der Waals surface area contributed by atoms with Crippen molar-refractivity contribution in [3.63, 3.8) is 0 Å². The number of hydrogen-bond donors (Lipinski definition) is 2. The van der Waals surface area contributed by atoms with E-state index in [1.165, 1.54) is 6.07 Å². The van der Waals surface area contributed by atoms with Gasteiger partial charge in [-0.2, -0.15) is 0 Å². The number of nitrogens with one attached hydrogen (secondary N) is 2. The molecule has 6 heteroatoms. The Balaban J connectivity index is 1.69. The summed E-state index contributed by atoms with van der Waals surface area (Å²) in [6, 6.07) is 13.6. The molecular weight excluding hydrogens is 321 g/mol. The lowest BCUT2D eigenvalue weighted by molar-refractivity contribution is 0.252. The molecule has 0 heterocycles. The molecule has 25 heavy (non-hydrogen) atoms. The fraction of sp³-hybridized carbons (Fsp3) is 0.316. The highest BCUT2D eigenvalue weighted by Crippen LogP contribution is 2.17. The molecule has 0 bridgehead atoms. The van der Waals surface area contributed by atoms with Crippen molar-refractivity contribution < 1.29 is 13.9 Å². The fourth-order valence-electron chi connectivity index (χ4n) is 2.38. The zero-order chi connectivity index (χ0) is 18.1. The Kier molecular flexibility index (Phi) is 7.07. The number of para-hydroxylation sites is 1. The van der Waals surface area contributed by atoms with Gasteiger partial charge in [-0.3, -0.25) is 0 Å². The number of nitrogens with zero attached hydrogens (tertiary/aromatic N) is 1. The molecular formula is C19H24FN3O2. The number of ether oxygens (including phenoxy) is 1. The van der Waals surface area contributed by atoms with Gasteiger partial charge in [0, 0.05) is 25.8 Å². The monoisotopic (exact) mass is 345 g/mol. The van der Waals surface area contributed by atoms with Gasteiger partial charge in [0.2, 0.25) is 0 Å². The number of halogens is 1. The van der Waals surface area contributed by atoms with Crippen LogP contribution in [0.4, 0.5) is 20.6 Å². The van der Waals surface area contributed by atoms with Crippen LogP contribution in [0, 0.1) is 5.82 Å². The predicted molar refractivity (Wildman–Crippen MR) is 98.9 cm³/mol. The highest BCUT2D eigenvalue weighted by molar-refractivity contribution is 5.89. The summed E-state index contributed by atoms with van der Waals surface area (Å²) < 4.78 is 19.0. The third-order valence-corrected chi connectivity index (χ3v) is 3.64. The molecule has 0 radical (unpaired) electrons. The predicted octanol–water partition coefficient (Wildman–Crippen LogP) is 3.87. The Morgan fingerprint density at radius 3 is 2.56 bits per heavy atom. The van der Waals surface area contributed by atoms with Crippen LogP contribution in [0.3, 0.4) is 0 Å². The first kappa shape index (κ1) is 18.6. The van der Waals surface area contributed by atoms with Crippen LogP contribution in [0.1, 0.15) is 13.3 Å². The maximum absolute atomic E-state index is 13.7. The second-order valence-corrected chi connectivity index (χ2v) is 5.56. The molecule has 134 valence electrons. The average Bonchev–Trinajstić information content (AvgIpc) is 2.61. The van der Waals surface area contributed by atoms with Crippen molar-refractivity contribution >= 4 is 17.4 Å². The highest BCUT2D eigenvalue weighted by atomic mass is 19.1. The Hall–Kier alpha value is -2.76. The van der Waals surface area contributed by atoms with Crippen LogP contribution in [-0.4, -0.2) is 32.8 Å². The second-order valence-electron chi connectivity index (χ2n) is 5.56. The molecule has 5 nitrogen and oxygen atoms in total. The minimum atomic E-state index is -0.266. The van der Waals surface area contributed by atoms with Gasteiger partial charge in [0.1, 0.15) is 11.6 Å². The van der Waals surface area contributed by atoms with Crippen LogP contribution < -0.4 is 20.3 Å². The third-order valence-electron chi connectivity index (χ3n) is 3.64. The molecule has 0 aliphatic carbocycles. The molecule has 2 rings (SSSR count). The molecule has 2 aromatic carbocycles. The lowest BCUT2D eigenvalue weighted by atomic mass is 10.2. The third kappa shape index (κ3) is 5.99. The van der Waals surface area contributed by atoms with Crippen molar-refractivity contribution in [1.82, 2.24) is 5.32 Å². The lowest BCUT2D eigenvalue weighted by Crippen LogP contribution is -2.31. The SMILES string of the molecule is CCOc1ccc(NC(=O)NCCCN(C)c2ccccc2F)cc1. The molecule has 2 amide bonds. The van der Waals surface area contributed by atoms with Gasteiger partial charge in [0.15, 0.2) is 0 Å². The molecule has 0 aliphatic rings. The molecule has 0 fully saturated rings. The van der Waals surface area contributed by atoms with Crippen molar-refractivity contribution in [2.45, 2.75) is 13.3 Å². The van der Waals surface area contributed by atoms with Gasteiger partial charge in [-0.1, -0.05) is 12.1 Å². The van der Waals surface area contributed by atoms with E-state index in [0.29, 0.717) is 37.5 Å². The Bertz CT molecular complexity index is 677. The number of urea groups is 1. The molecule has 0 aromatic heterocycles. The summed E-state index contributed by atoms with van der Waals surface area (Å²) in [7, 11) is 1.83. The molecule has 0 atom stereocenters. The van der Waals surface area contributed by atoms with E-state index in [1.807, 2.05) is 31.0 Å². The maximum atomic E-state index is 13.7. The van der Waals surface area contributed by atoms with Crippen molar-refractivity contribution in [1.29, 1.82) is 0 Å². The van der Waals surface area contributed by atoms with E-state index in [9.17, 15) is 9.18 Å². The Morgan fingerprint density at radius 2 is 1.88 bits per heavy atom. The molecule has 0 saturated carbocycles. The van der Waals surface area contributed by atoms with Crippen molar-refractivity contribution in [3.8, 4) is 5.75 Å². The normalized spacial score (nSPS) is 10.2. The van der Waals surface area contributed by atoms with E-state index in [-0.39, 0.29) is 11.8 Å². The van der Waals surface area contributed by atoms with E-state index >= 15 is 0 Å². The van der Waals surface area contributed by atoms with Gasteiger partial charge >= 0.3 is 6.03 Å². The van der Waals surface area contributed by atoms with Crippen LogP contribution in [0.15, 0.2) is 48.5 Å². The maximum Gasteiger partial charge on any atom is 0.319 e. The van der Waals surface area contributed by atoms with Crippen molar-refractivity contribution in [2.75, 3.05) is 37.0 Å². The van der Waals surface area contributed by atoms with Crippen molar-refractivity contribution in [2.24, 2.45) is 0 Å². The summed E-state index contributed by atoms with van der Waals surface area (Å²) in [6.45, 7) is 3.67. The van der Waals surface area contributed by atoms with E-state index < -0.39 is 0 Å². The summed E-state index contributed by atoms with van der Waals surface area (Å²) in [5.41, 5.74) is 1.26. The smallest absolute Gasteiger partial charge is 0.319 e. The van der Waals surface area contributed by atoms with Gasteiger partial charge in [-0.15, -0.1) is 0 Å². The van der Waals surface area contributed by atoms with Crippen LogP contribution in [0.25, 0.3) is 0 Å². The number of rotatable bonds is 8. The van der Waals surface area contributed by atoms with Gasteiger partial charge in [-0.25, -0.2) is 9.18 Å². The number of anilines is 2. The van der Waals surface area contributed by atoms with E-state index in [2.05, 4.69) is 10.6 Å². The van der Waals surface area contributed by atoms with Crippen LogP contribution in [0.2, 0.25) is 0 Å². The Labute approximate surface area is 147 Å². The first-order chi connectivity index (χ1) is 12.1. The van der Waals surface area contributed by atoms with E-state index in [1.54, 1.807) is 30.3 Å². The molecule has 0 spiro atoms. The number of carbonyl (C=O) groups excluding carboxylic acids is 1. The second kappa shape index (κ2) is 9.52. The van der Waals surface area contributed by atoms with Crippen LogP contribution >= 0.6 is 0 Å². The fourth-order valence-corrected chi connectivity index (χ4v) is 2.38. The highest BCUT2D eigenvalue weighted by Gasteiger charge is 2.06. The molecule has 2 N–H and O–H groups in total. The zero-order valence-corrected chi connectivity index (χ0v) is 14.6. The number of hydrogen-bond acceptors (Lipinski definition) is 3. The summed E-state index contributed by atoms with van der Waals surface area (Å²) >= 11 is 0. The molecule has 2 aromatic rings. The van der Waals surface area contributed by atoms with Gasteiger partial charge < -0.3 is 20.3 Å². The molecule has 0 aliphatic heterocycles. The van der Waals surface area contributed by atoms with Crippen LogP contribution in [0.5, 0.6) is 5.75 Å². The first-order valence-corrected chi connectivity index (χ1v) is 8.33. The average molecular weight is 345 g/mol. The minimum Gasteiger partial charge on any atom is -0.494 e. The summed E-state index contributed by atoms with van der Waals surface area (Å²) in [5.74, 6) is 0.524. The van der Waals surface area contributed by atoms with Gasteiger partial charge in [0.05, 0.1) is 12.3 Å². The number of amides is 2. The number of carbonyl (C=O) groups is 1. The van der Waals surface area contributed by atoms with Crippen LogP contribution in [-0.2, 0) is 0 Å². The van der Waals surface area contributed by atoms with Gasteiger partial charge in [0.25, 0.3) is 0 Å². The van der Waals surface area contributed by atoms with Gasteiger partial charge in [-0.05, 0) is 49.7 Å². The van der Waals surface area contributed by atoms with Crippen molar-refractivity contribution in [3.05, 3.63) is 54.3 Å². The van der Waals surface area contributed by atoms with E-state index in [4.69, 9.17) is 4.74 Å². The number of benzene rings is 2. The zero-order valence-electron chi connectivity index (χ0n) is 14.6. The molecule has 0 saturated heterocycles. The summed E-state index contributed by atoms with van der Waals surface area (Å²) in [4.78, 5) is 13.7. The lowest BCUT2D eigenvalue weighted by Gasteiger charge is -2.19. The van der Waals surface area contributed by atoms with E-state index in [0.717, 1.165) is 5.75 Å². The first-order valence-electron chi connectivity index (χ1n) is 8.33. The summed E-state index contributed by atoms with van der Waals surface area (Å²) in [5, 5.41) is 5.55. The molecule has 0 unspecified atom stereocenters. The quantitative estimate of drug-likeness (QED) is 0.714. The minimum absolute atomic E-state index is 0.244. The Morgan fingerprint density at radius 1 is 1.16 bits per heavy atom. The topological polar surface area (TPSA) is 53.6 Å².